The Kier molecular flexibility index (Phi) is 4.67. The molecule has 0 saturated heterocycles. The maximum absolute atomic E-state index is 12.4. The van der Waals surface area contributed by atoms with E-state index < -0.39 is 29.9 Å². The molecule has 6 nitrogen and oxygen atoms in total. The predicted molar refractivity (Wildman–Crippen MR) is 77.0 cm³/mol. The average Bonchev–Trinajstić information content (AvgIpc) is 2.46. The monoisotopic (exact) mass is 328 g/mol. The molecule has 23 heavy (non-hydrogen) atoms. The zero-order valence-electron chi connectivity index (χ0n) is 12.5. The van der Waals surface area contributed by atoms with E-state index in [1.54, 1.807) is 17.4 Å². The summed E-state index contributed by atoms with van der Waals surface area (Å²) in [6, 6.07) is 3.11. The first-order valence-corrected chi connectivity index (χ1v) is 6.89. The van der Waals surface area contributed by atoms with Gasteiger partial charge >= 0.3 is 6.18 Å². The van der Waals surface area contributed by atoms with Gasteiger partial charge in [-0.25, -0.2) is 9.97 Å². The molecule has 0 atom stereocenters. The lowest BCUT2D eigenvalue weighted by Gasteiger charge is -2.13. The third-order valence-corrected chi connectivity index (χ3v) is 2.91. The van der Waals surface area contributed by atoms with Gasteiger partial charge in [0.05, 0.1) is 0 Å². The highest BCUT2D eigenvalue weighted by Gasteiger charge is 2.29. The maximum atomic E-state index is 12.4. The fraction of sp³-hybridized carbons (Fsp3) is 0.429. The summed E-state index contributed by atoms with van der Waals surface area (Å²) in [7, 11) is 0. The lowest BCUT2D eigenvalue weighted by molar-refractivity contribution is -0.123. The Bertz CT molecular complexity index is 784. The molecule has 0 saturated carbocycles. The van der Waals surface area contributed by atoms with Gasteiger partial charge in [0.15, 0.2) is 11.3 Å². The highest BCUT2D eigenvalue weighted by atomic mass is 19.4. The van der Waals surface area contributed by atoms with Gasteiger partial charge in [0.1, 0.15) is 12.1 Å². The molecule has 1 N–H and O–H groups in total. The van der Waals surface area contributed by atoms with Crippen molar-refractivity contribution in [2.24, 2.45) is 5.92 Å². The fourth-order valence-corrected chi connectivity index (χ4v) is 2.02. The number of hydrogen-bond acceptors (Lipinski definition) is 4. The summed E-state index contributed by atoms with van der Waals surface area (Å²) in [5.74, 6) is -1.08. The van der Waals surface area contributed by atoms with E-state index in [0.717, 1.165) is 0 Å². The molecule has 124 valence electrons. The molecule has 0 spiro atoms. The van der Waals surface area contributed by atoms with E-state index in [9.17, 15) is 22.8 Å². The molecule has 0 unspecified atom stereocenters. The number of hydrogen-bond donors (Lipinski definition) is 1. The number of pyridine rings is 1. The highest BCUT2D eigenvalue weighted by Crippen LogP contribution is 2.13. The zero-order valence-corrected chi connectivity index (χ0v) is 12.5. The van der Waals surface area contributed by atoms with Gasteiger partial charge in [0.2, 0.25) is 0 Å². The van der Waals surface area contributed by atoms with E-state index in [1.165, 1.54) is 10.8 Å². The topological polar surface area (TPSA) is 76.9 Å². The van der Waals surface area contributed by atoms with Crippen molar-refractivity contribution < 1.29 is 18.0 Å². The second-order valence-electron chi connectivity index (χ2n) is 5.41. The van der Waals surface area contributed by atoms with Gasteiger partial charge in [-0.05, 0) is 18.1 Å². The molecular formula is C14H15F3N4O2. The minimum absolute atomic E-state index is 0.0754. The minimum atomic E-state index is -4.56. The van der Waals surface area contributed by atoms with Crippen LogP contribution in [0.3, 0.4) is 0 Å². The number of carbonyl (C=O) groups excluding carboxylic acids is 1. The number of nitrogens with zero attached hydrogens (tertiary/aromatic N) is 3. The van der Waals surface area contributed by atoms with E-state index in [1.807, 2.05) is 13.8 Å². The minimum Gasteiger partial charge on any atom is -0.341 e. The zero-order chi connectivity index (χ0) is 17.2. The van der Waals surface area contributed by atoms with E-state index in [2.05, 4.69) is 9.97 Å². The van der Waals surface area contributed by atoms with Crippen molar-refractivity contribution in [1.29, 1.82) is 0 Å². The van der Waals surface area contributed by atoms with Gasteiger partial charge in [-0.15, -0.1) is 0 Å². The summed E-state index contributed by atoms with van der Waals surface area (Å²) in [6.45, 7) is 2.48. The first-order chi connectivity index (χ1) is 10.7. The first kappa shape index (κ1) is 16.9. The van der Waals surface area contributed by atoms with E-state index in [4.69, 9.17) is 0 Å². The molecule has 2 heterocycles. The Morgan fingerprint density at radius 3 is 2.70 bits per heavy atom. The molecule has 2 rings (SSSR count). The largest absolute Gasteiger partial charge is 0.405 e. The van der Waals surface area contributed by atoms with Crippen LogP contribution >= 0.6 is 0 Å². The number of aromatic nitrogens is 3. The van der Waals surface area contributed by atoms with Gasteiger partial charge in [0.25, 0.3) is 11.5 Å². The molecule has 0 radical (unpaired) electrons. The van der Waals surface area contributed by atoms with Crippen LogP contribution in [0.2, 0.25) is 0 Å². The summed E-state index contributed by atoms with van der Waals surface area (Å²) in [4.78, 5) is 32.2. The molecular weight excluding hydrogens is 313 g/mol. The molecule has 0 aromatic carbocycles. The standard InChI is InChI=1S/C14H15F3N4O2/c1-8(2)6-21-11-9(4-3-5-18-11)20-10(13(21)23)12(22)19-7-14(15,16)17/h3-5,8H,6-7H2,1-2H3,(H,19,22). The Balaban J connectivity index is 2.50. The van der Waals surface area contributed by atoms with Crippen molar-refractivity contribution >= 4 is 17.1 Å². The first-order valence-electron chi connectivity index (χ1n) is 6.89. The Morgan fingerprint density at radius 2 is 2.09 bits per heavy atom. The second kappa shape index (κ2) is 6.35. The van der Waals surface area contributed by atoms with Crippen LogP contribution in [-0.2, 0) is 6.54 Å². The molecule has 2 aromatic rings. The smallest absolute Gasteiger partial charge is 0.341 e. The van der Waals surface area contributed by atoms with Crippen molar-refractivity contribution in [3.8, 4) is 0 Å². The van der Waals surface area contributed by atoms with Gasteiger partial charge < -0.3 is 5.32 Å². The van der Waals surface area contributed by atoms with Gasteiger partial charge in [-0.3, -0.25) is 14.2 Å². The summed E-state index contributed by atoms with van der Waals surface area (Å²) < 4.78 is 37.9. The lowest BCUT2D eigenvalue weighted by Crippen LogP contribution is -2.39. The second-order valence-corrected chi connectivity index (χ2v) is 5.41. The third-order valence-electron chi connectivity index (χ3n) is 2.91. The molecule has 0 aliphatic carbocycles. The number of alkyl halides is 3. The summed E-state index contributed by atoms with van der Waals surface area (Å²) in [5.41, 5.74) is -0.775. The molecule has 2 aromatic heterocycles. The molecule has 0 bridgehead atoms. The third kappa shape index (κ3) is 4.05. The predicted octanol–water partition coefficient (Wildman–Crippen LogP) is 1.74. The molecule has 0 fully saturated rings. The summed E-state index contributed by atoms with van der Waals surface area (Å²) in [5, 5.41) is 1.66. The van der Waals surface area contributed by atoms with Gasteiger partial charge in [-0.2, -0.15) is 13.2 Å². The fourth-order valence-electron chi connectivity index (χ4n) is 2.02. The van der Waals surface area contributed by atoms with Crippen molar-refractivity contribution in [3.05, 3.63) is 34.4 Å². The van der Waals surface area contributed by atoms with E-state index in [-0.39, 0.29) is 18.0 Å². The van der Waals surface area contributed by atoms with Crippen LogP contribution in [0.25, 0.3) is 11.2 Å². The summed E-state index contributed by atoms with van der Waals surface area (Å²) >= 11 is 0. The number of carbonyl (C=O) groups is 1. The van der Waals surface area contributed by atoms with Crippen LogP contribution in [0.5, 0.6) is 0 Å². The Morgan fingerprint density at radius 1 is 1.39 bits per heavy atom. The van der Waals surface area contributed by atoms with Crippen molar-refractivity contribution in [2.75, 3.05) is 6.54 Å². The quantitative estimate of drug-likeness (QED) is 0.927. The number of amides is 1. The van der Waals surface area contributed by atoms with Crippen LogP contribution in [0.15, 0.2) is 23.1 Å². The van der Waals surface area contributed by atoms with Gasteiger partial charge in [-0.1, -0.05) is 13.8 Å². The normalized spacial score (nSPS) is 11.9. The lowest BCUT2D eigenvalue weighted by atomic mass is 10.2. The van der Waals surface area contributed by atoms with Crippen molar-refractivity contribution in [3.63, 3.8) is 0 Å². The molecule has 9 heteroatoms. The van der Waals surface area contributed by atoms with Crippen LogP contribution in [0.1, 0.15) is 24.3 Å². The van der Waals surface area contributed by atoms with Crippen LogP contribution < -0.4 is 10.9 Å². The number of halogens is 3. The summed E-state index contributed by atoms with van der Waals surface area (Å²) in [6.07, 6.45) is -3.09. The van der Waals surface area contributed by atoms with Crippen molar-refractivity contribution in [2.45, 2.75) is 26.6 Å². The van der Waals surface area contributed by atoms with Crippen LogP contribution in [-0.4, -0.2) is 33.2 Å². The van der Waals surface area contributed by atoms with Crippen molar-refractivity contribution in [1.82, 2.24) is 19.9 Å². The molecule has 1 amide bonds. The molecule has 0 aliphatic rings. The maximum Gasteiger partial charge on any atom is 0.405 e. The number of fused-ring (bicyclic) bond motifs is 1. The Hall–Kier alpha value is -2.45. The molecule has 0 aliphatic heterocycles. The van der Waals surface area contributed by atoms with Crippen LogP contribution in [0.4, 0.5) is 13.2 Å². The average molecular weight is 328 g/mol. The highest BCUT2D eigenvalue weighted by molar-refractivity contribution is 5.93. The SMILES string of the molecule is CC(C)Cn1c(=O)c(C(=O)NCC(F)(F)F)nc2cccnc21. The van der Waals surface area contributed by atoms with Gasteiger partial charge in [0, 0.05) is 12.7 Å². The van der Waals surface area contributed by atoms with Crippen LogP contribution in [0, 0.1) is 5.92 Å². The number of nitrogens with one attached hydrogen (secondary N) is 1. The van der Waals surface area contributed by atoms with E-state index in [0.29, 0.717) is 5.65 Å². The van der Waals surface area contributed by atoms with E-state index >= 15 is 0 Å². The number of rotatable bonds is 4. The Labute approximate surface area is 129 Å².